The second kappa shape index (κ2) is 8.61. The van der Waals surface area contributed by atoms with Crippen LogP contribution >= 0.6 is 0 Å². The van der Waals surface area contributed by atoms with Crippen LogP contribution in [-0.4, -0.2) is 35.8 Å². The van der Waals surface area contributed by atoms with Gasteiger partial charge in [0.1, 0.15) is 6.10 Å². The minimum Gasteiger partial charge on any atom is -0.490 e. The quantitative estimate of drug-likeness (QED) is 0.823. The van der Waals surface area contributed by atoms with Gasteiger partial charge in [-0.15, -0.1) is 0 Å². The summed E-state index contributed by atoms with van der Waals surface area (Å²) in [4.78, 5) is 12.9. The molecule has 1 aliphatic heterocycles. The standard InChI is InChI=1S/C21H25NO4/c1-2-25-18-12-6-7-13-19(18)26-20(16-9-4-3-5-10-16)17-11-8-14-22(15-17)21(23)24/h3-7,9-10,12-13,17,20H,2,8,11,14-15H2,1H3,(H,23,24)/t17-,20+/m0/s1. The molecule has 1 fully saturated rings. The van der Waals surface area contributed by atoms with Crippen molar-refractivity contribution in [3.05, 3.63) is 60.2 Å². The van der Waals surface area contributed by atoms with Crippen LogP contribution in [0.3, 0.4) is 0 Å². The highest BCUT2D eigenvalue weighted by Crippen LogP contribution is 2.37. The van der Waals surface area contributed by atoms with Crippen LogP contribution in [0.4, 0.5) is 4.79 Å². The number of ether oxygens (including phenoxy) is 2. The fraction of sp³-hybridized carbons (Fsp3) is 0.381. The molecule has 138 valence electrons. The molecule has 5 nitrogen and oxygen atoms in total. The molecule has 1 amide bonds. The van der Waals surface area contributed by atoms with E-state index in [0.29, 0.717) is 31.2 Å². The molecule has 1 heterocycles. The monoisotopic (exact) mass is 355 g/mol. The van der Waals surface area contributed by atoms with E-state index in [1.807, 2.05) is 61.5 Å². The van der Waals surface area contributed by atoms with E-state index in [9.17, 15) is 9.90 Å². The predicted molar refractivity (Wildman–Crippen MR) is 99.7 cm³/mol. The topological polar surface area (TPSA) is 59.0 Å². The van der Waals surface area contributed by atoms with Crippen molar-refractivity contribution in [1.82, 2.24) is 4.90 Å². The van der Waals surface area contributed by atoms with Crippen molar-refractivity contribution in [2.24, 2.45) is 5.92 Å². The fourth-order valence-corrected chi connectivity index (χ4v) is 3.47. The summed E-state index contributed by atoms with van der Waals surface area (Å²) >= 11 is 0. The van der Waals surface area contributed by atoms with Crippen LogP contribution in [0.15, 0.2) is 54.6 Å². The van der Waals surface area contributed by atoms with Crippen LogP contribution < -0.4 is 9.47 Å². The van der Waals surface area contributed by atoms with E-state index in [1.165, 1.54) is 4.90 Å². The van der Waals surface area contributed by atoms with Gasteiger partial charge in [0.15, 0.2) is 11.5 Å². The van der Waals surface area contributed by atoms with Crippen molar-refractivity contribution in [2.45, 2.75) is 25.9 Å². The molecule has 26 heavy (non-hydrogen) atoms. The van der Waals surface area contributed by atoms with E-state index >= 15 is 0 Å². The highest BCUT2D eigenvalue weighted by Gasteiger charge is 2.32. The number of likely N-dealkylation sites (tertiary alicyclic amines) is 1. The summed E-state index contributed by atoms with van der Waals surface area (Å²) in [7, 11) is 0. The molecule has 0 aromatic heterocycles. The minimum absolute atomic E-state index is 0.0944. The van der Waals surface area contributed by atoms with Gasteiger partial charge in [-0.2, -0.15) is 0 Å². The first kappa shape index (κ1) is 18.1. The normalized spacial score (nSPS) is 18.2. The Morgan fingerprint density at radius 2 is 1.85 bits per heavy atom. The Kier molecular flexibility index (Phi) is 6.00. The number of rotatable bonds is 6. The molecule has 0 aliphatic carbocycles. The van der Waals surface area contributed by atoms with Crippen LogP contribution in [0.1, 0.15) is 31.4 Å². The Labute approximate surface area is 154 Å². The zero-order valence-corrected chi connectivity index (χ0v) is 15.0. The van der Waals surface area contributed by atoms with Crippen molar-refractivity contribution in [3.63, 3.8) is 0 Å². The Morgan fingerprint density at radius 1 is 1.15 bits per heavy atom. The maximum absolute atomic E-state index is 11.4. The van der Waals surface area contributed by atoms with Crippen molar-refractivity contribution in [2.75, 3.05) is 19.7 Å². The highest BCUT2D eigenvalue weighted by atomic mass is 16.5. The maximum Gasteiger partial charge on any atom is 0.407 e. The average Bonchev–Trinajstić information content (AvgIpc) is 2.68. The second-order valence-corrected chi connectivity index (χ2v) is 6.46. The Bertz CT molecular complexity index is 719. The first-order valence-corrected chi connectivity index (χ1v) is 9.10. The molecule has 1 saturated heterocycles. The zero-order valence-electron chi connectivity index (χ0n) is 15.0. The Hall–Kier alpha value is -2.69. The summed E-state index contributed by atoms with van der Waals surface area (Å²) in [5, 5.41) is 9.38. The van der Waals surface area contributed by atoms with E-state index in [1.54, 1.807) is 0 Å². The summed E-state index contributed by atoms with van der Waals surface area (Å²) < 4.78 is 12.1. The number of piperidine rings is 1. The van der Waals surface area contributed by atoms with Gasteiger partial charge < -0.3 is 19.5 Å². The van der Waals surface area contributed by atoms with Gasteiger partial charge in [0.25, 0.3) is 0 Å². The lowest BCUT2D eigenvalue weighted by Crippen LogP contribution is -2.41. The average molecular weight is 355 g/mol. The smallest absolute Gasteiger partial charge is 0.407 e. The molecule has 0 spiro atoms. The third-order valence-electron chi connectivity index (χ3n) is 4.69. The molecule has 2 atom stereocenters. The SMILES string of the molecule is CCOc1ccccc1O[C@H](c1ccccc1)[C@H]1CCCN(C(=O)O)C1. The predicted octanol–water partition coefficient (Wildman–Crippen LogP) is 4.60. The van der Waals surface area contributed by atoms with Crippen LogP contribution in [0.2, 0.25) is 0 Å². The summed E-state index contributed by atoms with van der Waals surface area (Å²) in [6, 6.07) is 17.6. The lowest BCUT2D eigenvalue weighted by molar-refractivity contribution is 0.0624. The number of hydrogen-bond acceptors (Lipinski definition) is 3. The highest BCUT2D eigenvalue weighted by molar-refractivity contribution is 5.65. The van der Waals surface area contributed by atoms with Crippen molar-refractivity contribution in [1.29, 1.82) is 0 Å². The summed E-state index contributed by atoms with van der Waals surface area (Å²) in [5.41, 5.74) is 1.05. The molecule has 3 rings (SSSR count). The van der Waals surface area contributed by atoms with Gasteiger partial charge in [0, 0.05) is 19.0 Å². The van der Waals surface area contributed by atoms with Gasteiger partial charge >= 0.3 is 6.09 Å². The molecule has 2 aromatic rings. The largest absolute Gasteiger partial charge is 0.490 e. The second-order valence-electron chi connectivity index (χ2n) is 6.46. The molecule has 1 aliphatic rings. The van der Waals surface area contributed by atoms with E-state index in [0.717, 1.165) is 18.4 Å². The summed E-state index contributed by atoms with van der Waals surface area (Å²) in [5.74, 6) is 1.49. The molecule has 0 unspecified atom stereocenters. The minimum atomic E-state index is -0.865. The molecule has 5 heteroatoms. The number of nitrogens with zero attached hydrogens (tertiary/aromatic N) is 1. The number of benzene rings is 2. The van der Waals surface area contributed by atoms with Crippen LogP contribution in [0.25, 0.3) is 0 Å². The molecule has 1 N–H and O–H groups in total. The van der Waals surface area contributed by atoms with Gasteiger partial charge in [-0.25, -0.2) is 4.79 Å². The zero-order chi connectivity index (χ0) is 18.4. The number of carbonyl (C=O) groups is 1. The molecule has 2 aromatic carbocycles. The third-order valence-corrected chi connectivity index (χ3v) is 4.69. The molecular weight excluding hydrogens is 330 g/mol. The molecule has 0 saturated carbocycles. The first-order chi connectivity index (χ1) is 12.7. The summed E-state index contributed by atoms with van der Waals surface area (Å²) in [6.45, 7) is 3.57. The van der Waals surface area contributed by atoms with Gasteiger partial charge in [-0.1, -0.05) is 42.5 Å². The number of para-hydroxylation sites is 2. The van der Waals surface area contributed by atoms with Gasteiger partial charge in [-0.3, -0.25) is 0 Å². The van der Waals surface area contributed by atoms with Gasteiger partial charge in [0.2, 0.25) is 0 Å². The summed E-state index contributed by atoms with van der Waals surface area (Å²) in [6.07, 6.45) is 0.688. The lowest BCUT2D eigenvalue weighted by Gasteiger charge is -2.36. The van der Waals surface area contributed by atoms with E-state index in [-0.39, 0.29) is 12.0 Å². The first-order valence-electron chi connectivity index (χ1n) is 9.10. The van der Waals surface area contributed by atoms with Crippen LogP contribution in [-0.2, 0) is 0 Å². The molecule has 0 radical (unpaired) electrons. The molecule has 0 bridgehead atoms. The van der Waals surface area contributed by atoms with E-state index in [2.05, 4.69) is 0 Å². The Balaban J connectivity index is 1.88. The van der Waals surface area contributed by atoms with E-state index < -0.39 is 6.09 Å². The van der Waals surface area contributed by atoms with Crippen LogP contribution in [0, 0.1) is 5.92 Å². The fourth-order valence-electron chi connectivity index (χ4n) is 3.47. The Morgan fingerprint density at radius 3 is 2.54 bits per heavy atom. The van der Waals surface area contributed by atoms with Gasteiger partial charge in [0.05, 0.1) is 6.61 Å². The van der Waals surface area contributed by atoms with E-state index in [4.69, 9.17) is 9.47 Å². The molecular formula is C21H25NO4. The third kappa shape index (κ3) is 4.28. The van der Waals surface area contributed by atoms with Crippen molar-refractivity contribution >= 4 is 6.09 Å². The van der Waals surface area contributed by atoms with Crippen molar-refractivity contribution in [3.8, 4) is 11.5 Å². The van der Waals surface area contributed by atoms with Gasteiger partial charge in [-0.05, 0) is 37.5 Å². The maximum atomic E-state index is 11.4. The van der Waals surface area contributed by atoms with Crippen LogP contribution in [0.5, 0.6) is 11.5 Å². The van der Waals surface area contributed by atoms with Crippen molar-refractivity contribution < 1.29 is 19.4 Å². The number of amides is 1. The number of carboxylic acid groups (broad SMARTS) is 1. The lowest BCUT2D eigenvalue weighted by atomic mass is 9.88. The number of hydrogen-bond donors (Lipinski definition) is 1.